The predicted molar refractivity (Wildman–Crippen MR) is 124 cm³/mol. The Morgan fingerprint density at radius 1 is 1.17 bits per heavy atom. The van der Waals surface area contributed by atoms with Gasteiger partial charge in [0.15, 0.2) is 11.8 Å². The molecule has 2 aromatic rings. The highest BCUT2D eigenvalue weighted by atomic mass is 127. The molecule has 158 valence electrons. The van der Waals surface area contributed by atoms with Crippen LogP contribution in [0.3, 0.4) is 0 Å². The van der Waals surface area contributed by atoms with Crippen molar-refractivity contribution in [2.24, 2.45) is 4.99 Å². The molecule has 1 aliphatic heterocycles. The van der Waals surface area contributed by atoms with E-state index in [9.17, 15) is 4.79 Å². The monoisotopic (exact) mass is 511 g/mol. The molecule has 1 aromatic carbocycles. The predicted octanol–water partition coefficient (Wildman–Crippen LogP) is 2.19. The van der Waals surface area contributed by atoms with E-state index in [4.69, 9.17) is 0 Å². The van der Waals surface area contributed by atoms with Crippen LogP contribution in [0.25, 0.3) is 0 Å². The molecule has 0 atom stereocenters. The second-order valence-electron chi connectivity index (χ2n) is 7.09. The number of rotatable bonds is 6. The van der Waals surface area contributed by atoms with Crippen molar-refractivity contribution in [1.82, 2.24) is 30.3 Å². The number of amides is 1. The molecular formula is C20H30IN7O. The van der Waals surface area contributed by atoms with Crippen molar-refractivity contribution in [2.75, 3.05) is 20.6 Å². The average Bonchev–Trinajstić information content (AvgIpc) is 3.13. The number of nitrogens with zero attached hydrogens (tertiary/aromatic N) is 5. The molecule has 1 amide bonds. The van der Waals surface area contributed by atoms with E-state index in [0.29, 0.717) is 18.7 Å². The zero-order valence-electron chi connectivity index (χ0n) is 17.3. The summed E-state index contributed by atoms with van der Waals surface area (Å²) in [6.07, 6.45) is 3.38. The molecule has 0 bridgehead atoms. The molecule has 3 rings (SSSR count). The first-order chi connectivity index (χ1) is 13.6. The fourth-order valence-corrected chi connectivity index (χ4v) is 3.19. The second kappa shape index (κ2) is 11.1. The lowest BCUT2D eigenvalue weighted by Gasteiger charge is -2.16. The Hall–Kier alpha value is -2.17. The number of guanidine groups is 1. The topological polar surface area (TPSA) is 87.4 Å². The summed E-state index contributed by atoms with van der Waals surface area (Å²) in [6.45, 7) is 4.93. The number of nitrogens with one attached hydrogen (secondary N) is 2. The first-order valence-electron chi connectivity index (χ1n) is 9.82. The Morgan fingerprint density at radius 2 is 1.93 bits per heavy atom. The summed E-state index contributed by atoms with van der Waals surface area (Å²) in [5.74, 6) is 2.77. The Kier molecular flexibility index (Phi) is 8.87. The summed E-state index contributed by atoms with van der Waals surface area (Å²) < 4.78 is 2.21. The third-order valence-electron chi connectivity index (χ3n) is 4.72. The van der Waals surface area contributed by atoms with Gasteiger partial charge in [0.25, 0.3) is 5.91 Å². The minimum atomic E-state index is 0. The van der Waals surface area contributed by atoms with E-state index in [1.54, 1.807) is 19.0 Å². The number of hydrogen-bond acceptors (Lipinski definition) is 4. The number of aliphatic imine (C=N–C) groups is 1. The molecule has 0 radical (unpaired) electrons. The molecule has 0 unspecified atom stereocenters. The van der Waals surface area contributed by atoms with Crippen LogP contribution in [0.1, 0.15) is 47.3 Å². The summed E-state index contributed by atoms with van der Waals surface area (Å²) in [5, 5.41) is 15.2. The maximum absolute atomic E-state index is 12.0. The highest BCUT2D eigenvalue weighted by Gasteiger charge is 2.15. The number of benzene rings is 1. The molecule has 8 nitrogen and oxygen atoms in total. The molecule has 0 spiro atoms. The summed E-state index contributed by atoms with van der Waals surface area (Å²) in [6, 6.07) is 7.57. The van der Waals surface area contributed by atoms with Crippen molar-refractivity contribution >= 4 is 35.8 Å². The van der Waals surface area contributed by atoms with E-state index in [-0.39, 0.29) is 29.9 Å². The van der Waals surface area contributed by atoms with Crippen molar-refractivity contribution in [1.29, 1.82) is 0 Å². The SMILES string of the molecule is CCNC(=NCc1ccc(C(=O)N(C)C)cc1)NCc1nnc2n1CCCC2.I. The summed E-state index contributed by atoms with van der Waals surface area (Å²) in [7, 11) is 3.50. The highest BCUT2D eigenvalue weighted by Crippen LogP contribution is 2.14. The van der Waals surface area contributed by atoms with Crippen molar-refractivity contribution in [3.8, 4) is 0 Å². The van der Waals surface area contributed by atoms with Crippen molar-refractivity contribution in [2.45, 2.75) is 45.8 Å². The fraction of sp³-hybridized carbons (Fsp3) is 0.500. The number of halogens is 1. The van der Waals surface area contributed by atoms with Crippen molar-refractivity contribution in [3.05, 3.63) is 47.0 Å². The van der Waals surface area contributed by atoms with Crippen LogP contribution in [0.15, 0.2) is 29.3 Å². The summed E-state index contributed by atoms with van der Waals surface area (Å²) in [4.78, 5) is 18.2. The summed E-state index contributed by atoms with van der Waals surface area (Å²) in [5.41, 5.74) is 1.73. The maximum Gasteiger partial charge on any atom is 0.253 e. The molecule has 29 heavy (non-hydrogen) atoms. The van der Waals surface area contributed by atoms with Gasteiger partial charge in [0.2, 0.25) is 0 Å². The molecule has 1 aliphatic rings. The number of carbonyl (C=O) groups excluding carboxylic acids is 1. The van der Waals surface area contributed by atoms with Gasteiger partial charge in [-0.3, -0.25) is 4.79 Å². The van der Waals surface area contributed by atoms with Crippen LogP contribution in [0.2, 0.25) is 0 Å². The molecule has 0 saturated heterocycles. The maximum atomic E-state index is 12.0. The zero-order chi connectivity index (χ0) is 19.9. The van der Waals surface area contributed by atoms with Crippen LogP contribution in [0.5, 0.6) is 0 Å². The van der Waals surface area contributed by atoms with Gasteiger partial charge >= 0.3 is 0 Å². The van der Waals surface area contributed by atoms with E-state index in [1.165, 1.54) is 12.8 Å². The third-order valence-corrected chi connectivity index (χ3v) is 4.72. The van der Waals surface area contributed by atoms with Crippen LogP contribution in [0, 0.1) is 0 Å². The highest BCUT2D eigenvalue weighted by molar-refractivity contribution is 14.0. The Balaban J connectivity index is 0.00000300. The molecular weight excluding hydrogens is 481 g/mol. The average molecular weight is 511 g/mol. The van der Waals surface area contributed by atoms with Crippen LogP contribution < -0.4 is 10.6 Å². The standard InChI is InChI=1S/C20H29N7O.HI/c1-4-21-20(23-14-18-25-24-17-7-5-6-12-27(17)18)22-13-15-8-10-16(11-9-15)19(28)26(2)3;/h8-11H,4-7,12-14H2,1-3H3,(H2,21,22,23);1H. The third kappa shape index (κ3) is 6.15. The molecule has 2 heterocycles. The van der Waals surface area contributed by atoms with Gasteiger partial charge in [0, 0.05) is 39.2 Å². The van der Waals surface area contributed by atoms with Crippen LogP contribution >= 0.6 is 24.0 Å². The Bertz CT molecular complexity index is 830. The number of fused-ring (bicyclic) bond motifs is 1. The van der Waals surface area contributed by atoms with Crippen molar-refractivity contribution in [3.63, 3.8) is 0 Å². The van der Waals surface area contributed by atoms with Crippen LogP contribution in [-0.4, -0.2) is 52.2 Å². The Morgan fingerprint density at radius 3 is 2.62 bits per heavy atom. The fourth-order valence-electron chi connectivity index (χ4n) is 3.19. The molecule has 0 aliphatic carbocycles. The lowest BCUT2D eigenvalue weighted by molar-refractivity contribution is 0.0827. The normalized spacial score (nSPS) is 13.3. The van der Waals surface area contributed by atoms with Gasteiger partial charge in [-0.25, -0.2) is 4.99 Å². The number of aryl methyl sites for hydroxylation is 1. The van der Waals surface area contributed by atoms with Crippen LogP contribution in [0.4, 0.5) is 0 Å². The zero-order valence-corrected chi connectivity index (χ0v) is 19.6. The van der Waals surface area contributed by atoms with E-state index in [1.807, 2.05) is 31.2 Å². The van der Waals surface area contributed by atoms with E-state index in [0.717, 1.165) is 42.7 Å². The van der Waals surface area contributed by atoms with Crippen LogP contribution in [-0.2, 0) is 26.1 Å². The first kappa shape index (κ1) is 23.1. The van der Waals surface area contributed by atoms with Gasteiger partial charge in [-0.05, 0) is 37.5 Å². The van der Waals surface area contributed by atoms with Gasteiger partial charge in [-0.15, -0.1) is 34.2 Å². The Labute approximate surface area is 189 Å². The van der Waals surface area contributed by atoms with Gasteiger partial charge < -0.3 is 20.1 Å². The molecule has 0 fully saturated rings. The summed E-state index contributed by atoms with van der Waals surface area (Å²) >= 11 is 0. The van der Waals surface area contributed by atoms with Gasteiger partial charge in [-0.2, -0.15) is 0 Å². The molecule has 1 aromatic heterocycles. The molecule has 9 heteroatoms. The smallest absolute Gasteiger partial charge is 0.253 e. The first-order valence-corrected chi connectivity index (χ1v) is 9.82. The molecule has 2 N–H and O–H groups in total. The number of carbonyl (C=O) groups is 1. The van der Waals surface area contributed by atoms with Gasteiger partial charge in [0.1, 0.15) is 5.82 Å². The number of hydrogen-bond donors (Lipinski definition) is 2. The molecule has 0 saturated carbocycles. The number of aromatic nitrogens is 3. The van der Waals surface area contributed by atoms with E-state index < -0.39 is 0 Å². The quantitative estimate of drug-likeness (QED) is 0.353. The van der Waals surface area contributed by atoms with Gasteiger partial charge in [0.05, 0.1) is 13.1 Å². The lowest BCUT2D eigenvalue weighted by Crippen LogP contribution is -2.37. The van der Waals surface area contributed by atoms with Gasteiger partial charge in [-0.1, -0.05) is 12.1 Å². The minimum absolute atomic E-state index is 0. The lowest BCUT2D eigenvalue weighted by atomic mass is 10.1. The largest absolute Gasteiger partial charge is 0.357 e. The van der Waals surface area contributed by atoms with E-state index in [2.05, 4.69) is 30.4 Å². The van der Waals surface area contributed by atoms with E-state index >= 15 is 0 Å². The second-order valence-corrected chi connectivity index (χ2v) is 7.09. The minimum Gasteiger partial charge on any atom is -0.357 e. The van der Waals surface area contributed by atoms with Crippen molar-refractivity contribution < 1.29 is 4.79 Å².